The zero-order valence-electron chi connectivity index (χ0n) is 13.4. The van der Waals surface area contributed by atoms with Crippen molar-refractivity contribution in [2.45, 2.75) is 38.0 Å². The van der Waals surface area contributed by atoms with Gasteiger partial charge in [-0.25, -0.2) is 8.78 Å². The molecule has 8 heteroatoms. The Kier molecular flexibility index (Phi) is 5.71. The summed E-state index contributed by atoms with van der Waals surface area (Å²) in [5.41, 5.74) is 0. The van der Waals surface area contributed by atoms with Crippen LogP contribution in [-0.4, -0.2) is 53.8 Å². The Labute approximate surface area is 138 Å². The standard InChI is InChI=1S/C16H19F2NO5/c1-9(24-11-3-4-13(17)14(18)7-11)16(22)19-8-12(23-2)5-10(19)6-15(20)21/h3-4,7,9-10,12H,5-6,8H2,1-2H3,(H,20,21). The van der Waals surface area contributed by atoms with Gasteiger partial charge >= 0.3 is 5.97 Å². The van der Waals surface area contributed by atoms with Crippen LogP contribution in [0.4, 0.5) is 8.78 Å². The van der Waals surface area contributed by atoms with Crippen molar-refractivity contribution in [2.75, 3.05) is 13.7 Å². The Morgan fingerprint density at radius 3 is 2.67 bits per heavy atom. The average Bonchev–Trinajstić information content (AvgIpc) is 2.92. The molecule has 3 atom stereocenters. The number of carbonyl (C=O) groups is 2. The number of amides is 1. The molecule has 0 bridgehead atoms. The van der Waals surface area contributed by atoms with Gasteiger partial charge < -0.3 is 19.5 Å². The second-order valence-corrected chi connectivity index (χ2v) is 5.67. The number of nitrogens with zero attached hydrogens (tertiary/aromatic N) is 1. The largest absolute Gasteiger partial charge is 0.481 e. The third-order valence-electron chi connectivity index (χ3n) is 3.95. The summed E-state index contributed by atoms with van der Waals surface area (Å²) >= 11 is 0. The maximum absolute atomic E-state index is 13.2. The predicted octanol–water partition coefficient (Wildman–Crippen LogP) is 1.82. The first-order valence-electron chi connectivity index (χ1n) is 7.48. The molecule has 1 saturated heterocycles. The molecule has 0 saturated carbocycles. The third-order valence-corrected chi connectivity index (χ3v) is 3.95. The highest BCUT2D eigenvalue weighted by Crippen LogP contribution is 2.25. The fourth-order valence-electron chi connectivity index (χ4n) is 2.75. The second kappa shape index (κ2) is 7.57. The van der Waals surface area contributed by atoms with Crippen LogP contribution in [0.5, 0.6) is 5.75 Å². The molecule has 132 valence electrons. The van der Waals surface area contributed by atoms with Gasteiger partial charge in [-0.05, 0) is 25.5 Å². The van der Waals surface area contributed by atoms with Gasteiger partial charge in [0.15, 0.2) is 17.7 Å². The third kappa shape index (κ3) is 4.19. The van der Waals surface area contributed by atoms with Gasteiger partial charge in [0.05, 0.1) is 12.5 Å². The molecular formula is C16H19F2NO5. The fourth-order valence-corrected chi connectivity index (χ4v) is 2.75. The summed E-state index contributed by atoms with van der Waals surface area (Å²) in [6.07, 6.45) is -0.980. The summed E-state index contributed by atoms with van der Waals surface area (Å²) in [5, 5.41) is 8.98. The van der Waals surface area contributed by atoms with Crippen molar-refractivity contribution in [3.05, 3.63) is 29.8 Å². The van der Waals surface area contributed by atoms with Crippen molar-refractivity contribution >= 4 is 11.9 Å². The van der Waals surface area contributed by atoms with E-state index in [0.29, 0.717) is 6.42 Å². The minimum absolute atomic E-state index is 0.0204. The zero-order valence-corrected chi connectivity index (χ0v) is 13.4. The SMILES string of the molecule is COC1CC(CC(=O)O)N(C(=O)C(C)Oc2ccc(F)c(F)c2)C1. The summed E-state index contributed by atoms with van der Waals surface area (Å²) in [5.74, 6) is -3.50. The second-order valence-electron chi connectivity index (χ2n) is 5.67. The van der Waals surface area contributed by atoms with E-state index in [2.05, 4.69) is 0 Å². The lowest BCUT2D eigenvalue weighted by molar-refractivity contribution is -0.142. The molecule has 2 rings (SSSR count). The number of carboxylic acids is 1. The molecule has 1 aliphatic rings. The number of hydrogen-bond acceptors (Lipinski definition) is 4. The minimum Gasteiger partial charge on any atom is -0.481 e. The number of methoxy groups -OCH3 is 1. The molecular weight excluding hydrogens is 324 g/mol. The molecule has 0 aliphatic carbocycles. The van der Waals surface area contributed by atoms with Gasteiger partial charge in [0, 0.05) is 25.8 Å². The van der Waals surface area contributed by atoms with E-state index in [0.717, 1.165) is 12.1 Å². The van der Waals surface area contributed by atoms with Crippen molar-refractivity contribution in [2.24, 2.45) is 0 Å². The Hall–Kier alpha value is -2.22. The average molecular weight is 343 g/mol. The van der Waals surface area contributed by atoms with Gasteiger partial charge in [-0.2, -0.15) is 0 Å². The highest BCUT2D eigenvalue weighted by Gasteiger charge is 2.38. The topological polar surface area (TPSA) is 76.1 Å². The number of carboxylic acid groups (broad SMARTS) is 1. The summed E-state index contributed by atoms with van der Waals surface area (Å²) in [6, 6.07) is 2.50. The number of halogens is 2. The Bertz CT molecular complexity index is 624. The Balaban J connectivity index is 2.07. The molecule has 1 aliphatic heterocycles. The van der Waals surface area contributed by atoms with Crippen LogP contribution in [0, 0.1) is 11.6 Å². The number of aliphatic carboxylic acids is 1. The maximum Gasteiger partial charge on any atom is 0.305 e. The molecule has 1 heterocycles. The summed E-state index contributed by atoms with van der Waals surface area (Å²) in [4.78, 5) is 24.9. The lowest BCUT2D eigenvalue weighted by Gasteiger charge is -2.26. The van der Waals surface area contributed by atoms with Crippen molar-refractivity contribution in [3.63, 3.8) is 0 Å². The van der Waals surface area contributed by atoms with Crippen molar-refractivity contribution in [3.8, 4) is 5.75 Å². The molecule has 1 N–H and O–H groups in total. The predicted molar refractivity (Wildman–Crippen MR) is 79.6 cm³/mol. The molecule has 6 nitrogen and oxygen atoms in total. The van der Waals surface area contributed by atoms with E-state index in [-0.39, 0.29) is 24.8 Å². The maximum atomic E-state index is 13.2. The number of rotatable bonds is 6. The highest BCUT2D eigenvalue weighted by molar-refractivity contribution is 5.82. The Morgan fingerprint density at radius 1 is 1.38 bits per heavy atom. The van der Waals surface area contributed by atoms with Gasteiger partial charge in [-0.15, -0.1) is 0 Å². The highest BCUT2D eigenvalue weighted by atomic mass is 19.2. The monoisotopic (exact) mass is 343 g/mol. The van der Waals surface area contributed by atoms with Crippen LogP contribution >= 0.6 is 0 Å². The van der Waals surface area contributed by atoms with E-state index in [9.17, 15) is 18.4 Å². The number of hydrogen-bond donors (Lipinski definition) is 1. The van der Waals surface area contributed by atoms with Crippen LogP contribution in [0.15, 0.2) is 18.2 Å². The van der Waals surface area contributed by atoms with Gasteiger partial charge in [0.1, 0.15) is 5.75 Å². The van der Waals surface area contributed by atoms with Crippen LogP contribution in [0.1, 0.15) is 19.8 Å². The number of benzene rings is 1. The molecule has 1 aromatic carbocycles. The molecule has 0 radical (unpaired) electrons. The van der Waals surface area contributed by atoms with Crippen LogP contribution in [0.2, 0.25) is 0 Å². The first-order chi connectivity index (χ1) is 11.3. The minimum atomic E-state index is -1.07. The zero-order chi connectivity index (χ0) is 17.9. The molecule has 3 unspecified atom stereocenters. The van der Waals surface area contributed by atoms with Crippen molar-refractivity contribution in [1.82, 2.24) is 4.90 Å². The summed E-state index contributed by atoms with van der Waals surface area (Å²) < 4.78 is 36.7. The van der Waals surface area contributed by atoms with E-state index in [4.69, 9.17) is 14.6 Å². The van der Waals surface area contributed by atoms with Gasteiger partial charge in [-0.3, -0.25) is 9.59 Å². The van der Waals surface area contributed by atoms with Gasteiger partial charge in [-0.1, -0.05) is 0 Å². The van der Waals surface area contributed by atoms with E-state index in [1.54, 1.807) is 0 Å². The van der Waals surface area contributed by atoms with Crippen molar-refractivity contribution in [1.29, 1.82) is 0 Å². The van der Waals surface area contributed by atoms with Gasteiger partial charge in [0.2, 0.25) is 0 Å². The number of likely N-dealkylation sites (tertiary alicyclic amines) is 1. The first kappa shape index (κ1) is 18.1. The Morgan fingerprint density at radius 2 is 2.08 bits per heavy atom. The van der Waals surface area contributed by atoms with Crippen LogP contribution in [-0.2, 0) is 14.3 Å². The summed E-state index contributed by atoms with van der Waals surface area (Å²) in [7, 11) is 1.50. The van der Waals surface area contributed by atoms with Crippen molar-refractivity contribution < 1.29 is 33.0 Å². The lowest BCUT2D eigenvalue weighted by Crippen LogP contribution is -2.44. The molecule has 1 aromatic rings. The number of ether oxygens (including phenoxy) is 2. The van der Waals surface area contributed by atoms with E-state index < -0.39 is 35.7 Å². The molecule has 1 amide bonds. The van der Waals surface area contributed by atoms with Crippen LogP contribution < -0.4 is 4.74 Å². The molecule has 0 aromatic heterocycles. The van der Waals surface area contributed by atoms with E-state index >= 15 is 0 Å². The van der Waals surface area contributed by atoms with Crippen LogP contribution in [0.25, 0.3) is 0 Å². The lowest BCUT2D eigenvalue weighted by atomic mass is 10.1. The normalized spacial score (nSPS) is 21.6. The van der Waals surface area contributed by atoms with Gasteiger partial charge in [0.25, 0.3) is 5.91 Å². The molecule has 0 spiro atoms. The quantitative estimate of drug-likeness (QED) is 0.853. The fraction of sp³-hybridized carbons (Fsp3) is 0.500. The summed E-state index contributed by atoms with van der Waals surface area (Å²) in [6.45, 7) is 1.74. The smallest absolute Gasteiger partial charge is 0.305 e. The first-order valence-corrected chi connectivity index (χ1v) is 7.48. The molecule has 1 fully saturated rings. The number of carbonyl (C=O) groups excluding carboxylic acids is 1. The van der Waals surface area contributed by atoms with E-state index in [1.165, 1.54) is 25.0 Å². The molecule has 24 heavy (non-hydrogen) atoms. The van der Waals surface area contributed by atoms with Crippen LogP contribution in [0.3, 0.4) is 0 Å². The van der Waals surface area contributed by atoms with E-state index in [1.807, 2.05) is 0 Å².